The highest BCUT2D eigenvalue weighted by Crippen LogP contribution is 2.36. The Balaban J connectivity index is 1.19. The predicted molar refractivity (Wildman–Crippen MR) is 211 cm³/mol. The minimum Gasteiger partial charge on any atom is -0.507 e. The number of nitrogens with zero attached hydrogens (tertiary/aromatic N) is 4. The van der Waals surface area contributed by atoms with Crippen LogP contribution in [-0.4, -0.2) is 103 Å². The van der Waals surface area contributed by atoms with E-state index in [-0.39, 0.29) is 35.4 Å². The van der Waals surface area contributed by atoms with Gasteiger partial charge in [0.1, 0.15) is 23.5 Å². The Morgan fingerprint density at radius 2 is 1.87 bits per heavy atom. The van der Waals surface area contributed by atoms with E-state index in [0.29, 0.717) is 90.8 Å². The molecule has 4 N–H and O–H groups in total. The lowest BCUT2D eigenvalue weighted by Gasteiger charge is -2.35. The van der Waals surface area contributed by atoms with Crippen LogP contribution in [0.25, 0.3) is 11.3 Å². The van der Waals surface area contributed by atoms with Crippen molar-refractivity contribution in [3.63, 3.8) is 0 Å². The van der Waals surface area contributed by atoms with Crippen LogP contribution >= 0.6 is 23.4 Å². The summed E-state index contributed by atoms with van der Waals surface area (Å²) in [6, 6.07) is 9.56. The van der Waals surface area contributed by atoms with E-state index >= 15 is 0 Å². The number of halogens is 1. The van der Waals surface area contributed by atoms with Gasteiger partial charge >= 0.3 is 12.0 Å². The first-order valence-corrected chi connectivity index (χ1v) is 19.6. The summed E-state index contributed by atoms with van der Waals surface area (Å²) in [6.07, 6.45) is 10.3. The molecule has 3 atom stereocenters. The van der Waals surface area contributed by atoms with Gasteiger partial charge in [-0.15, -0.1) is 11.8 Å². The lowest BCUT2D eigenvalue weighted by Crippen LogP contribution is -2.58. The van der Waals surface area contributed by atoms with E-state index < -0.39 is 18.1 Å². The number of carboxylic acids is 1. The summed E-state index contributed by atoms with van der Waals surface area (Å²) >= 11 is 7.65. The molecule has 0 saturated carbocycles. The van der Waals surface area contributed by atoms with Crippen LogP contribution in [0.1, 0.15) is 49.7 Å². The van der Waals surface area contributed by atoms with Crippen molar-refractivity contribution < 1.29 is 34.1 Å². The Hall–Kier alpha value is -5.23. The minimum atomic E-state index is -0.975. The first-order valence-electron chi connectivity index (χ1n) is 18.2. The molecule has 1 unspecified atom stereocenters. The fraction of sp³-hybridized carbons (Fsp3) is 0.375. The number of benzene rings is 2. The molecule has 13 nitrogen and oxygen atoms in total. The van der Waals surface area contributed by atoms with Crippen molar-refractivity contribution in [2.75, 3.05) is 37.4 Å². The van der Waals surface area contributed by atoms with Crippen molar-refractivity contribution >= 4 is 52.9 Å². The average molecular weight is 787 g/mol. The summed E-state index contributed by atoms with van der Waals surface area (Å²) in [7, 11) is 1.76. The quantitative estimate of drug-likeness (QED) is 0.147. The number of thioether (sulfide) groups is 1. The van der Waals surface area contributed by atoms with Gasteiger partial charge < -0.3 is 35.4 Å². The second-order valence-electron chi connectivity index (χ2n) is 13.4. The third-order valence-electron chi connectivity index (χ3n) is 9.51. The molecule has 2 aromatic carbocycles. The van der Waals surface area contributed by atoms with Gasteiger partial charge in [0.15, 0.2) is 0 Å². The number of nitrogens with one attached hydrogen (secondary N) is 2. The van der Waals surface area contributed by atoms with E-state index in [1.54, 1.807) is 64.1 Å². The first-order chi connectivity index (χ1) is 26.6. The largest absolute Gasteiger partial charge is 0.507 e. The van der Waals surface area contributed by atoms with Gasteiger partial charge in [-0.3, -0.25) is 19.1 Å². The number of unbranched alkanes of at least 4 members (excludes halogenated alkanes) is 1. The lowest BCUT2D eigenvalue weighted by molar-refractivity contribution is -0.139. The molecule has 3 heterocycles. The van der Waals surface area contributed by atoms with Crippen LogP contribution in [-0.2, 0) is 26.2 Å². The molecule has 2 saturated heterocycles. The number of aromatic nitrogens is 2. The average Bonchev–Trinajstić information content (AvgIpc) is 3.79. The first kappa shape index (κ1) is 39.5. The summed E-state index contributed by atoms with van der Waals surface area (Å²) in [5.74, 6) is 4.98. The Morgan fingerprint density at radius 1 is 1.09 bits per heavy atom. The summed E-state index contributed by atoms with van der Waals surface area (Å²) < 4.78 is 7.02. The highest BCUT2D eigenvalue weighted by Gasteiger charge is 2.44. The fourth-order valence-electron chi connectivity index (χ4n) is 6.66. The molecule has 3 aromatic rings. The van der Waals surface area contributed by atoms with Crippen molar-refractivity contribution in [2.24, 2.45) is 7.05 Å². The molecule has 6 rings (SSSR count). The van der Waals surface area contributed by atoms with Crippen LogP contribution in [0.4, 0.5) is 10.5 Å². The van der Waals surface area contributed by atoms with Crippen LogP contribution < -0.4 is 10.6 Å². The Morgan fingerprint density at radius 3 is 2.60 bits per heavy atom. The van der Waals surface area contributed by atoms with Gasteiger partial charge in [0.2, 0.25) is 5.91 Å². The predicted octanol–water partition coefficient (Wildman–Crippen LogP) is 5.39. The van der Waals surface area contributed by atoms with Crippen molar-refractivity contribution in [3.05, 3.63) is 88.6 Å². The number of phenolic OH excluding ortho intramolecular Hbond substituents is 1. The van der Waals surface area contributed by atoms with Crippen molar-refractivity contribution in [1.82, 2.24) is 24.9 Å². The molecular weight excluding hydrogens is 744 g/mol. The summed E-state index contributed by atoms with van der Waals surface area (Å²) in [4.78, 5) is 56.4. The number of allylic oxidation sites excluding steroid dienone is 3. The Bertz CT molecular complexity index is 2030. The lowest BCUT2D eigenvalue weighted by atomic mass is 9.96. The second-order valence-corrected chi connectivity index (χ2v) is 15.1. The van der Waals surface area contributed by atoms with E-state index in [2.05, 4.69) is 27.6 Å². The number of carbonyl (C=O) groups is 4. The zero-order valence-electron chi connectivity index (χ0n) is 30.4. The molecule has 2 fully saturated rings. The number of amides is 4. The van der Waals surface area contributed by atoms with Crippen LogP contribution in [0.5, 0.6) is 5.75 Å². The van der Waals surface area contributed by atoms with Crippen LogP contribution in [0, 0.1) is 11.8 Å². The molecule has 0 radical (unpaired) electrons. The number of anilines is 1. The Labute approximate surface area is 328 Å². The Kier molecular flexibility index (Phi) is 13.2. The number of carboxylic acid groups (broad SMARTS) is 1. The third kappa shape index (κ3) is 10.1. The maximum Gasteiger partial charge on any atom is 0.318 e. The monoisotopic (exact) mass is 786 g/mol. The number of carbonyl (C=O) groups excluding carboxylic acids is 3. The van der Waals surface area contributed by atoms with Gasteiger partial charge in [0, 0.05) is 60.3 Å². The van der Waals surface area contributed by atoms with Gasteiger partial charge in [-0.25, -0.2) is 4.79 Å². The fourth-order valence-corrected chi connectivity index (χ4v) is 8.30. The van der Waals surface area contributed by atoms with Gasteiger partial charge in [0.25, 0.3) is 5.91 Å². The van der Waals surface area contributed by atoms with Crippen LogP contribution in [0.15, 0.2) is 72.5 Å². The van der Waals surface area contributed by atoms with Crippen molar-refractivity contribution in [2.45, 2.75) is 56.0 Å². The van der Waals surface area contributed by atoms with Gasteiger partial charge in [-0.1, -0.05) is 41.7 Å². The van der Waals surface area contributed by atoms with E-state index in [0.717, 1.165) is 12.0 Å². The maximum atomic E-state index is 14.6. The molecule has 2 aliphatic heterocycles. The van der Waals surface area contributed by atoms with Gasteiger partial charge in [-0.2, -0.15) is 5.10 Å². The highest BCUT2D eigenvalue weighted by molar-refractivity contribution is 8.00. The number of urea groups is 1. The molecule has 55 heavy (non-hydrogen) atoms. The van der Waals surface area contributed by atoms with Crippen molar-refractivity contribution in [1.29, 1.82) is 0 Å². The number of aliphatic carboxylic acids is 1. The molecule has 288 valence electrons. The zero-order chi connectivity index (χ0) is 38.9. The van der Waals surface area contributed by atoms with E-state index in [1.165, 1.54) is 17.8 Å². The second kappa shape index (κ2) is 18.4. The van der Waals surface area contributed by atoms with E-state index in [1.807, 2.05) is 18.2 Å². The van der Waals surface area contributed by atoms with Gasteiger partial charge in [0.05, 0.1) is 24.2 Å². The molecule has 15 heteroatoms. The summed E-state index contributed by atoms with van der Waals surface area (Å²) in [5.41, 5.74) is 3.50. The molecule has 1 aromatic heterocycles. The summed E-state index contributed by atoms with van der Waals surface area (Å²) in [6.45, 7) is 1.64. The molecule has 4 amide bonds. The molecular formula is C40H43ClN6O7S. The van der Waals surface area contributed by atoms with E-state index in [9.17, 15) is 29.4 Å². The van der Waals surface area contributed by atoms with Crippen LogP contribution in [0.3, 0.4) is 0 Å². The number of ether oxygens (including phenoxy) is 1. The van der Waals surface area contributed by atoms with Crippen LogP contribution in [0.2, 0.25) is 5.02 Å². The number of aryl methyl sites for hydroxylation is 1. The molecule has 0 bridgehead atoms. The number of morpholine rings is 1. The van der Waals surface area contributed by atoms with E-state index in [4.69, 9.17) is 16.3 Å². The standard InChI is InChI=1S/C40H43ClN6O7S/c1-45-24-28(36(44-45)31-23-29(41)15-18-33(31)48)14-11-26-12-16-30(17-13-26)42-38(51)32-25-55-34(9-5-6-10-35(49)50)47(32)39(52)37(27-7-3-2-4-8-27)43-40(53)46-19-21-54-22-20-46/h2-3,7,12-13,15-18,23-24,32,34,37,48H,4-6,8-10,19-22,25H2,1H3,(H,42,51)(H,43,53)(H,49,50)/t32-,34?,37+/m0/s1. The highest BCUT2D eigenvalue weighted by atomic mass is 35.5. The zero-order valence-corrected chi connectivity index (χ0v) is 31.9. The topological polar surface area (TPSA) is 166 Å². The van der Waals surface area contributed by atoms with Crippen molar-refractivity contribution in [3.8, 4) is 28.8 Å². The number of rotatable bonds is 11. The number of hydrogen-bond donors (Lipinski definition) is 4. The number of hydrogen-bond acceptors (Lipinski definition) is 8. The normalized spacial score (nSPS) is 18.5. The molecule has 3 aliphatic rings. The number of aromatic hydroxyl groups is 1. The third-order valence-corrected chi connectivity index (χ3v) is 11.1. The minimum absolute atomic E-state index is 0.0158. The summed E-state index contributed by atoms with van der Waals surface area (Å²) in [5, 5.41) is 30.1. The smallest absolute Gasteiger partial charge is 0.318 e. The molecule has 0 spiro atoms. The SMILES string of the molecule is Cn1cc(C#Cc2ccc(NC(=O)[C@@H]3CSC(CCCCC(=O)O)N3C(=O)[C@H](NC(=O)N3CCOCC3)C3=CC=CCC3)cc2)c(-c2cc(Cl)ccc2O)n1. The van der Waals surface area contributed by atoms with Gasteiger partial charge in [-0.05, 0) is 80.1 Å². The molecule has 1 aliphatic carbocycles. The maximum absolute atomic E-state index is 14.6. The number of phenols is 1.